The fourth-order valence-electron chi connectivity index (χ4n) is 4.98. The van der Waals surface area contributed by atoms with Gasteiger partial charge in [-0.1, -0.05) is 74.9 Å². The number of aliphatic hydroxyl groups is 1. The molecule has 37 heavy (non-hydrogen) atoms. The molecule has 2 atom stereocenters. The summed E-state index contributed by atoms with van der Waals surface area (Å²) in [6.45, 7) is 6.25. The van der Waals surface area contributed by atoms with E-state index in [0.29, 0.717) is 17.5 Å². The first-order chi connectivity index (χ1) is 17.4. The van der Waals surface area contributed by atoms with Crippen molar-refractivity contribution in [2.45, 2.75) is 83.6 Å². The molecule has 0 spiro atoms. The van der Waals surface area contributed by atoms with Gasteiger partial charge in [0.25, 0.3) is 0 Å². The summed E-state index contributed by atoms with van der Waals surface area (Å²) in [5, 5.41) is 33.1. The highest BCUT2D eigenvalue weighted by molar-refractivity contribution is 5.32. The van der Waals surface area contributed by atoms with Crippen molar-refractivity contribution < 1.29 is 32.2 Å². The Morgan fingerprint density at radius 2 is 1.22 bits per heavy atom. The maximum atomic E-state index is 10.0. The number of quaternary nitrogens is 1. The fraction of sp³-hybridized carbons (Fsp3) is 0.613. The molecule has 0 aliphatic carbocycles. The van der Waals surface area contributed by atoms with Crippen molar-refractivity contribution in [1.82, 2.24) is 5.32 Å². The van der Waals surface area contributed by atoms with E-state index in [4.69, 9.17) is 0 Å². The molecule has 0 aliphatic heterocycles. The van der Waals surface area contributed by atoms with Crippen LogP contribution in [-0.4, -0.2) is 65.7 Å². The van der Waals surface area contributed by atoms with Crippen LogP contribution in [0, 0.1) is 0 Å². The Hall–Kier alpha value is -1.79. The van der Waals surface area contributed by atoms with Crippen molar-refractivity contribution >= 4 is 0 Å². The first-order valence-electron chi connectivity index (χ1n) is 14.1. The van der Waals surface area contributed by atoms with E-state index < -0.39 is 0 Å². The van der Waals surface area contributed by atoms with Gasteiger partial charge in [0.2, 0.25) is 0 Å². The number of rotatable bonds is 20. The van der Waals surface area contributed by atoms with Crippen molar-refractivity contribution in [2.24, 2.45) is 0 Å². The summed E-state index contributed by atoms with van der Waals surface area (Å²) in [6, 6.07) is 15.6. The highest BCUT2D eigenvalue weighted by Gasteiger charge is 2.21. The SMILES string of the molecule is CC(Cc1ccccc1O)NCCCCCCCCCCC[N+](C)(CCO)CCc1ccccc1O.[Cl-]. The quantitative estimate of drug-likeness (QED) is 0.156. The molecule has 4 N–H and O–H groups in total. The molecule has 0 radical (unpaired) electrons. The molecule has 0 amide bonds. The largest absolute Gasteiger partial charge is 1.00 e. The number of halogens is 1. The third-order valence-corrected chi connectivity index (χ3v) is 7.44. The molecule has 2 aromatic rings. The number of phenols is 2. The maximum Gasteiger partial charge on any atom is 0.118 e. The number of likely N-dealkylation sites (N-methyl/N-ethyl adjacent to an activating group) is 1. The number of phenolic OH excluding ortho intramolecular Hbond substituents is 2. The van der Waals surface area contributed by atoms with E-state index in [9.17, 15) is 15.3 Å². The molecular formula is C31H51ClN2O3. The Morgan fingerprint density at radius 3 is 1.78 bits per heavy atom. The summed E-state index contributed by atoms with van der Waals surface area (Å²) in [6.07, 6.45) is 13.2. The van der Waals surface area contributed by atoms with Crippen molar-refractivity contribution in [1.29, 1.82) is 0 Å². The molecule has 0 saturated carbocycles. The van der Waals surface area contributed by atoms with Crippen LogP contribution in [0.5, 0.6) is 11.5 Å². The highest BCUT2D eigenvalue weighted by atomic mass is 35.5. The fourth-order valence-corrected chi connectivity index (χ4v) is 4.98. The van der Waals surface area contributed by atoms with Gasteiger partial charge in [-0.2, -0.15) is 0 Å². The van der Waals surface area contributed by atoms with Crippen molar-refractivity contribution in [3.63, 3.8) is 0 Å². The second-order valence-electron chi connectivity index (χ2n) is 10.8. The lowest BCUT2D eigenvalue weighted by Crippen LogP contribution is -3.00. The minimum atomic E-state index is 0. The minimum Gasteiger partial charge on any atom is -1.00 e. The minimum absolute atomic E-state index is 0. The average Bonchev–Trinajstić information content (AvgIpc) is 2.86. The molecule has 2 aromatic carbocycles. The molecule has 2 rings (SSSR count). The Morgan fingerprint density at radius 1 is 0.703 bits per heavy atom. The number of benzene rings is 2. The zero-order chi connectivity index (χ0) is 26.1. The number of nitrogens with zero attached hydrogens (tertiary/aromatic N) is 1. The van der Waals surface area contributed by atoms with Crippen LogP contribution in [-0.2, 0) is 12.8 Å². The number of aliphatic hydroxyl groups excluding tert-OH is 1. The number of nitrogens with one attached hydrogen (secondary N) is 1. The lowest BCUT2D eigenvalue weighted by atomic mass is 10.1. The zero-order valence-corrected chi connectivity index (χ0v) is 23.9. The van der Waals surface area contributed by atoms with Crippen molar-refractivity contribution in [2.75, 3.05) is 39.8 Å². The monoisotopic (exact) mass is 534 g/mol. The van der Waals surface area contributed by atoms with E-state index in [1.807, 2.05) is 36.4 Å². The Balaban J connectivity index is 0.00000684. The first kappa shape index (κ1) is 33.2. The van der Waals surface area contributed by atoms with Gasteiger partial charge in [-0.15, -0.1) is 0 Å². The standard InChI is InChI=1S/C31H50N2O3.ClH/c1-27(26-29-17-11-13-19-31(29)36)32-21-14-8-6-4-3-5-7-9-15-22-33(2,24-25-34)23-20-28-16-10-12-18-30(28)35;/h10-13,16-19,27,32,34H,3-9,14-15,20-26H2,1-2H3,(H-,35,36);1H. The zero-order valence-electron chi connectivity index (χ0n) is 23.2. The molecule has 5 nitrogen and oxygen atoms in total. The van der Waals surface area contributed by atoms with Crippen LogP contribution in [0.15, 0.2) is 48.5 Å². The van der Waals surface area contributed by atoms with Crippen LogP contribution in [0.3, 0.4) is 0 Å². The lowest BCUT2D eigenvalue weighted by molar-refractivity contribution is -0.909. The third kappa shape index (κ3) is 14.1. The van der Waals surface area contributed by atoms with E-state index >= 15 is 0 Å². The van der Waals surface area contributed by atoms with Crippen LogP contribution >= 0.6 is 0 Å². The van der Waals surface area contributed by atoms with Crippen molar-refractivity contribution in [3.05, 3.63) is 59.7 Å². The van der Waals surface area contributed by atoms with E-state index in [0.717, 1.165) is 54.6 Å². The summed E-state index contributed by atoms with van der Waals surface area (Å²) in [4.78, 5) is 0. The second kappa shape index (κ2) is 19.3. The van der Waals surface area contributed by atoms with Gasteiger partial charge < -0.3 is 37.5 Å². The van der Waals surface area contributed by atoms with Crippen LogP contribution in [0.4, 0.5) is 0 Å². The third-order valence-electron chi connectivity index (χ3n) is 7.44. The van der Waals surface area contributed by atoms with E-state index in [2.05, 4.69) is 19.3 Å². The molecule has 2 unspecified atom stereocenters. The molecule has 0 bridgehead atoms. The number of unbranched alkanes of at least 4 members (excludes halogenated alkanes) is 8. The summed E-state index contributed by atoms with van der Waals surface area (Å²) in [5.74, 6) is 0.775. The average molecular weight is 535 g/mol. The Labute approximate surface area is 231 Å². The predicted octanol–water partition coefficient (Wildman–Crippen LogP) is 2.81. The summed E-state index contributed by atoms with van der Waals surface area (Å²) in [5.41, 5.74) is 2.01. The van der Waals surface area contributed by atoms with Crippen LogP contribution in [0.1, 0.15) is 75.8 Å². The second-order valence-corrected chi connectivity index (χ2v) is 10.8. The van der Waals surface area contributed by atoms with Gasteiger partial charge in [0.05, 0.1) is 26.7 Å². The van der Waals surface area contributed by atoms with E-state index in [1.54, 1.807) is 12.1 Å². The normalized spacial score (nSPS) is 13.6. The van der Waals surface area contributed by atoms with Gasteiger partial charge in [0, 0.05) is 12.5 Å². The van der Waals surface area contributed by atoms with Gasteiger partial charge >= 0.3 is 0 Å². The van der Waals surface area contributed by atoms with Crippen LogP contribution in [0.2, 0.25) is 0 Å². The van der Waals surface area contributed by atoms with Gasteiger partial charge in [0.15, 0.2) is 0 Å². The topological polar surface area (TPSA) is 72.7 Å². The molecule has 0 saturated heterocycles. The van der Waals surface area contributed by atoms with E-state index in [1.165, 1.54) is 57.8 Å². The summed E-state index contributed by atoms with van der Waals surface area (Å²) in [7, 11) is 2.23. The van der Waals surface area contributed by atoms with Gasteiger partial charge in [-0.05, 0) is 62.4 Å². The summed E-state index contributed by atoms with van der Waals surface area (Å²) < 4.78 is 0.865. The molecule has 6 heteroatoms. The van der Waals surface area contributed by atoms with Gasteiger partial charge in [-0.3, -0.25) is 0 Å². The number of hydrogen-bond donors (Lipinski definition) is 4. The molecule has 210 valence electrons. The first-order valence-corrected chi connectivity index (χ1v) is 14.1. The Bertz CT molecular complexity index is 851. The lowest BCUT2D eigenvalue weighted by Gasteiger charge is -2.34. The predicted molar refractivity (Wildman–Crippen MR) is 151 cm³/mol. The highest BCUT2D eigenvalue weighted by Crippen LogP contribution is 2.19. The number of para-hydroxylation sites is 2. The molecule has 0 aliphatic rings. The van der Waals surface area contributed by atoms with Gasteiger partial charge in [-0.25, -0.2) is 0 Å². The van der Waals surface area contributed by atoms with Crippen molar-refractivity contribution in [3.8, 4) is 11.5 Å². The summed E-state index contributed by atoms with van der Waals surface area (Å²) >= 11 is 0. The Kier molecular flexibility index (Phi) is 17.3. The molecule has 0 aromatic heterocycles. The van der Waals surface area contributed by atoms with Crippen LogP contribution in [0.25, 0.3) is 0 Å². The molecule has 0 heterocycles. The molecular weight excluding hydrogens is 484 g/mol. The number of aromatic hydroxyl groups is 2. The smallest absolute Gasteiger partial charge is 0.118 e. The number of hydrogen-bond acceptors (Lipinski definition) is 4. The maximum absolute atomic E-state index is 10.0. The molecule has 0 fully saturated rings. The van der Waals surface area contributed by atoms with E-state index in [-0.39, 0.29) is 19.0 Å². The van der Waals surface area contributed by atoms with Crippen LogP contribution < -0.4 is 17.7 Å². The van der Waals surface area contributed by atoms with Gasteiger partial charge in [0.1, 0.15) is 18.0 Å².